The van der Waals surface area contributed by atoms with Crippen LogP contribution in [0.1, 0.15) is 44.2 Å². The van der Waals surface area contributed by atoms with Gasteiger partial charge < -0.3 is 0 Å². The van der Waals surface area contributed by atoms with Gasteiger partial charge in [-0.2, -0.15) is 0 Å². The molecule has 1 fully saturated rings. The van der Waals surface area contributed by atoms with Gasteiger partial charge >= 0.3 is 0 Å². The second-order valence-electron chi connectivity index (χ2n) is 4.66. The van der Waals surface area contributed by atoms with Gasteiger partial charge in [-0.05, 0) is 25.3 Å². The highest BCUT2D eigenvalue weighted by Gasteiger charge is 2.17. The first-order valence-corrected chi connectivity index (χ1v) is 6.57. The molecule has 0 aliphatic carbocycles. The fraction of sp³-hybridized carbons (Fsp3) is 0.571. The van der Waals surface area contributed by atoms with Crippen molar-refractivity contribution in [2.24, 2.45) is 0 Å². The quantitative estimate of drug-likeness (QED) is 0.863. The van der Waals surface area contributed by atoms with Crippen LogP contribution < -0.4 is 5.43 Å². The molecule has 1 N–H and O–H groups in total. The maximum Gasteiger partial charge on any atom is 0.128 e. The summed E-state index contributed by atoms with van der Waals surface area (Å²) < 4.78 is 13.7. The third-order valence-corrected chi connectivity index (χ3v) is 3.38. The molecule has 17 heavy (non-hydrogen) atoms. The maximum absolute atomic E-state index is 13.7. The van der Waals surface area contributed by atoms with Gasteiger partial charge in [0.25, 0.3) is 0 Å². The van der Waals surface area contributed by atoms with Crippen molar-refractivity contribution in [1.82, 2.24) is 10.4 Å². The molecule has 1 atom stereocenters. The van der Waals surface area contributed by atoms with Gasteiger partial charge in [0.05, 0.1) is 0 Å². The zero-order valence-corrected chi connectivity index (χ0v) is 10.5. The van der Waals surface area contributed by atoms with E-state index in [0.29, 0.717) is 0 Å². The van der Waals surface area contributed by atoms with Crippen LogP contribution in [0.2, 0.25) is 0 Å². The molecular formula is C14H21FN2. The third kappa shape index (κ3) is 3.27. The highest BCUT2D eigenvalue weighted by molar-refractivity contribution is 5.20. The van der Waals surface area contributed by atoms with Crippen molar-refractivity contribution in [1.29, 1.82) is 0 Å². The van der Waals surface area contributed by atoms with Crippen LogP contribution in [0, 0.1) is 5.82 Å². The number of piperidine rings is 1. The van der Waals surface area contributed by atoms with E-state index in [-0.39, 0.29) is 11.9 Å². The number of hydrogen-bond acceptors (Lipinski definition) is 2. The maximum atomic E-state index is 13.7. The highest BCUT2D eigenvalue weighted by atomic mass is 19.1. The summed E-state index contributed by atoms with van der Waals surface area (Å²) in [6.45, 7) is 4.24. The van der Waals surface area contributed by atoms with Crippen LogP contribution in [0.4, 0.5) is 4.39 Å². The molecule has 0 saturated carbocycles. The summed E-state index contributed by atoms with van der Waals surface area (Å²) in [5.41, 5.74) is 4.23. The Bertz CT molecular complexity index is 348. The Morgan fingerprint density at radius 2 is 1.94 bits per heavy atom. The molecule has 0 spiro atoms. The van der Waals surface area contributed by atoms with Crippen LogP contribution in [0.15, 0.2) is 24.3 Å². The predicted octanol–water partition coefficient (Wildman–Crippen LogP) is 3.27. The molecule has 1 saturated heterocycles. The summed E-state index contributed by atoms with van der Waals surface area (Å²) in [4.78, 5) is 0. The summed E-state index contributed by atoms with van der Waals surface area (Å²) in [5, 5.41) is 2.24. The lowest BCUT2D eigenvalue weighted by Gasteiger charge is -2.31. The van der Waals surface area contributed by atoms with E-state index < -0.39 is 0 Å². The Labute approximate surface area is 103 Å². The number of nitrogens with one attached hydrogen (secondary N) is 1. The van der Waals surface area contributed by atoms with Crippen LogP contribution in [-0.2, 0) is 0 Å². The van der Waals surface area contributed by atoms with Crippen molar-refractivity contribution in [2.75, 3.05) is 13.1 Å². The van der Waals surface area contributed by atoms with Crippen LogP contribution in [0.5, 0.6) is 0 Å². The first kappa shape index (κ1) is 12.5. The zero-order valence-electron chi connectivity index (χ0n) is 10.5. The predicted molar refractivity (Wildman–Crippen MR) is 68.0 cm³/mol. The molecule has 0 radical (unpaired) electrons. The lowest BCUT2D eigenvalue weighted by molar-refractivity contribution is 0.125. The fourth-order valence-corrected chi connectivity index (χ4v) is 2.38. The van der Waals surface area contributed by atoms with E-state index in [0.717, 1.165) is 25.1 Å². The van der Waals surface area contributed by atoms with E-state index in [1.54, 1.807) is 6.07 Å². The van der Waals surface area contributed by atoms with E-state index in [2.05, 4.69) is 17.4 Å². The lowest BCUT2D eigenvalue weighted by Crippen LogP contribution is -2.43. The van der Waals surface area contributed by atoms with Gasteiger partial charge in [-0.3, -0.25) is 0 Å². The van der Waals surface area contributed by atoms with Gasteiger partial charge in [0, 0.05) is 24.7 Å². The van der Waals surface area contributed by atoms with E-state index >= 15 is 0 Å². The van der Waals surface area contributed by atoms with E-state index in [1.165, 1.54) is 25.3 Å². The highest BCUT2D eigenvalue weighted by Crippen LogP contribution is 2.21. The van der Waals surface area contributed by atoms with Crippen LogP contribution in [-0.4, -0.2) is 18.1 Å². The van der Waals surface area contributed by atoms with Crippen molar-refractivity contribution < 1.29 is 4.39 Å². The summed E-state index contributed by atoms with van der Waals surface area (Å²) in [5.74, 6) is -0.108. The first-order valence-electron chi connectivity index (χ1n) is 6.57. The van der Waals surface area contributed by atoms with Crippen molar-refractivity contribution in [3.8, 4) is 0 Å². The molecule has 1 aromatic rings. The molecule has 0 aromatic heterocycles. The van der Waals surface area contributed by atoms with Gasteiger partial charge in [0.2, 0.25) is 0 Å². The molecule has 1 aromatic carbocycles. The minimum absolute atomic E-state index is 0.0919. The second kappa shape index (κ2) is 6.12. The lowest BCUT2D eigenvalue weighted by atomic mass is 10.0. The zero-order chi connectivity index (χ0) is 12.1. The molecule has 94 valence electrons. The molecule has 1 aliphatic heterocycles. The average molecular weight is 236 g/mol. The molecule has 0 amide bonds. The van der Waals surface area contributed by atoms with E-state index in [9.17, 15) is 4.39 Å². The Hall–Kier alpha value is -0.930. The number of hydrogen-bond donors (Lipinski definition) is 1. The number of rotatable bonds is 4. The molecule has 2 rings (SSSR count). The minimum atomic E-state index is -0.108. The molecule has 1 unspecified atom stereocenters. The SMILES string of the molecule is CCC(NN1CCCCC1)c1ccccc1F. The van der Waals surface area contributed by atoms with Crippen molar-refractivity contribution in [2.45, 2.75) is 38.6 Å². The largest absolute Gasteiger partial charge is 0.248 e. The van der Waals surface area contributed by atoms with Crippen molar-refractivity contribution >= 4 is 0 Å². The third-order valence-electron chi connectivity index (χ3n) is 3.38. The topological polar surface area (TPSA) is 15.3 Å². The van der Waals surface area contributed by atoms with Crippen LogP contribution in [0.25, 0.3) is 0 Å². The van der Waals surface area contributed by atoms with E-state index in [4.69, 9.17) is 0 Å². The summed E-state index contributed by atoms with van der Waals surface area (Å²) >= 11 is 0. The van der Waals surface area contributed by atoms with Crippen molar-refractivity contribution in [3.05, 3.63) is 35.6 Å². The summed E-state index contributed by atoms with van der Waals surface area (Å²) in [6.07, 6.45) is 4.69. The Morgan fingerprint density at radius 3 is 2.59 bits per heavy atom. The Balaban J connectivity index is 2.03. The minimum Gasteiger partial charge on any atom is -0.248 e. The summed E-state index contributed by atoms with van der Waals surface area (Å²) in [7, 11) is 0. The number of halogens is 1. The molecule has 1 aliphatic rings. The Kier molecular flexibility index (Phi) is 4.51. The smallest absolute Gasteiger partial charge is 0.128 e. The monoisotopic (exact) mass is 236 g/mol. The van der Waals surface area contributed by atoms with Gasteiger partial charge in [-0.15, -0.1) is 0 Å². The molecule has 1 heterocycles. The number of benzene rings is 1. The standard InChI is InChI=1S/C14H21FN2/c1-2-14(12-8-4-5-9-13(12)15)16-17-10-6-3-7-11-17/h4-5,8-9,14,16H,2-3,6-7,10-11H2,1H3. The second-order valence-corrected chi connectivity index (χ2v) is 4.66. The number of hydrazine groups is 1. The fourth-order valence-electron chi connectivity index (χ4n) is 2.38. The molecule has 2 nitrogen and oxygen atoms in total. The van der Waals surface area contributed by atoms with E-state index in [1.807, 2.05) is 12.1 Å². The van der Waals surface area contributed by atoms with Gasteiger partial charge in [-0.25, -0.2) is 14.8 Å². The van der Waals surface area contributed by atoms with Gasteiger partial charge in [0.15, 0.2) is 0 Å². The summed E-state index contributed by atoms with van der Waals surface area (Å²) in [6, 6.07) is 7.15. The first-order chi connectivity index (χ1) is 8.31. The molecule has 3 heteroatoms. The van der Waals surface area contributed by atoms with Crippen LogP contribution >= 0.6 is 0 Å². The van der Waals surface area contributed by atoms with Gasteiger partial charge in [-0.1, -0.05) is 31.5 Å². The average Bonchev–Trinajstić information content (AvgIpc) is 2.38. The number of nitrogens with zero attached hydrogens (tertiary/aromatic N) is 1. The van der Waals surface area contributed by atoms with Crippen molar-refractivity contribution in [3.63, 3.8) is 0 Å². The normalized spacial score (nSPS) is 19.2. The molecule has 0 bridgehead atoms. The molecular weight excluding hydrogens is 215 g/mol. The Morgan fingerprint density at radius 1 is 1.24 bits per heavy atom. The van der Waals surface area contributed by atoms with Crippen LogP contribution in [0.3, 0.4) is 0 Å². The van der Waals surface area contributed by atoms with Gasteiger partial charge in [0.1, 0.15) is 5.82 Å².